The number of aliphatic hydroxyl groups is 1. The van der Waals surface area contributed by atoms with E-state index in [-0.39, 0.29) is 6.10 Å². The molecule has 3 heteroatoms. The normalized spacial score (nSPS) is 31.6. The average molecular weight is 158 g/mol. The molecule has 1 rings (SSSR count). The number of β-amino-alcohol motifs (C(OH)–C–C–N with tert-alkyl or cyclic N) is 1. The second kappa shape index (κ2) is 4.04. The molecular weight excluding hydrogens is 140 g/mol. The molecule has 0 radical (unpaired) electrons. The van der Waals surface area contributed by atoms with Gasteiger partial charge in [0.25, 0.3) is 0 Å². The highest BCUT2D eigenvalue weighted by atomic mass is 16.3. The summed E-state index contributed by atoms with van der Waals surface area (Å²) in [6, 6.07) is 0.338. The summed E-state index contributed by atoms with van der Waals surface area (Å²) >= 11 is 0. The number of aliphatic hydroxyl groups excluding tert-OH is 1. The van der Waals surface area contributed by atoms with Crippen LogP contribution in [0.15, 0.2) is 0 Å². The molecule has 66 valence electrons. The Kier molecular flexibility index (Phi) is 3.30. The first-order chi connectivity index (χ1) is 5.29. The van der Waals surface area contributed by atoms with Gasteiger partial charge in [-0.2, -0.15) is 0 Å². The highest BCUT2D eigenvalue weighted by Gasteiger charge is 2.28. The van der Waals surface area contributed by atoms with E-state index >= 15 is 0 Å². The average Bonchev–Trinajstić information content (AvgIpc) is 2.40. The van der Waals surface area contributed by atoms with Crippen molar-refractivity contribution in [3.05, 3.63) is 0 Å². The van der Waals surface area contributed by atoms with Gasteiger partial charge in [-0.05, 0) is 13.1 Å². The van der Waals surface area contributed by atoms with Crippen LogP contribution in [0.5, 0.6) is 0 Å². The predicted octanol–water partition coefficient (Wildman–Crippen LogP) is -0.339. The fourth-order valence-electron chi connectivity index (χ4n) is 1.72. The maximum Gasteiger partial charge on any atom is 0.0831 e. The van der Waals surface area contributed by atoms with Crippen LogP contribution in [0.4, 0.5) is 0 Å². The van der Waals surface area contributed by atoms with Crippen molar-refractivity contribution in [3.8, 4) is 0 Å². The van der Waals surface area contributed by atoms with Crippen LogP contribution in [0.3, 0.4) is 0 Å². The first kappa shape index (κ1) is 8.97. The summed E-state index contributed by atoms with van der Waals surface area (Å²) in [6.07, 6.45) is -0.171. The Balaban J connectivity index is 2.43. The van der Waals surface area contributed by atoms with Crippen molar-refractivity contribution >= 4 is 0 Å². The van der Waals surface area contributed by atoms with E-state index in [4.69, 9.17) is 0 Å². The Bertz CT molecular complexity index is 115. The van der Waals surface area contributed by atoms with Crippen LogP contribution >= 0.6 is 0 Å². The van der Waals surface area contributed by atoms with E-state index in [1.165, 1.54) is 0 Å². The molecule has 0 unspecified atom stereocenters. The third-order valence-corrected chi connectivity index (χ3v) is 2.43. The molecule has 0 bridgehead atoms. The quantitative estimate of drug-likeness (QED) is 0.590. The van der Waals surface area contributed by atoms with Crippen molar-refractivity contribution in [3.63, 3.8) is 0 Å². The topological polar surface area (TPSA) is 35.5 Å². The molecule has 2 atom stereocenters. The minimum Gasteiger partial charge on any atom is -0.390 e. The van der Waals surface area contributed by atoms with Gasteiger partial charge in [0.15, 0.2) is 0 Å². The molecule has 0 aromatic carbocycles. The largest absolute Gasteiger partial charge is 0.390 e. The molecule has 0 amide bonds. The summed E-state index contributed by atoms with van der Waals surface area (Å²) in [5.74, 6) is 0. The Morgan fingerprint density at radius 1 is 1.36 bits per heavy atom. The summed E-state index contributed by atoms with van der Waals surface area (Å²) in [5.41, 5.74) is 0. The minimum atomic E-state index is -0.171. The highest BCUT2D eigenvalue weighted by Crippen LogP contribution is 2.07. The van der Waals surface area contributed by atoms with Crippen LogP contribution in [-0.2, 0) is 0 Å². The summed E-state index contributed by atoms with van der Waals surface area (Å²) < 4.78 is 0. The zero-order valence-electron chi connectivity index (χ0n) is 7.38. The molecule has 1 aliphatic heterocycles. The number of hydrogen-bond acceptors (Lipinski definition) is 3. The van der Waals surface area contributed by atoms with Gasteiger partial charge in [0.05, 0.1) is 6.10 Å². The summed E-state index contributed by atoms with van der Waals surface area (Å²) in [6.45, 7) is 8.01. The van der Waals surface area contributed by atoms with E-state index in [0.717, 1.165) is 26.2 Å². The maximum absolute atomic E-state index is 9.52. The second-order valence-electron chi connectivity index (χ2n) is 3.01. The Labute approximate surface area is 68.4 Å². The second-order valence-corrected chi connectivity index (χ2v) is 3.01. The van der Waals surface area contributed by atoms with E-state index in [9.17, 15) is 5.11 Å². The molecule has 0 aliphatic carbocycles. The zero-order valence-corrected chi connectivity index (χ0v) is 7.38. The van der Waals surface area contributed by atoms with Crippen molar-refractivity contribution in [1.82, 2.24) is 10.2 Å². The van der Waals surface area contributed by atoms with Gasteiger partial charge in [-0.15, -0.1) is 0 Å². The lowest BCUT2D eigenvalue weighted by atomic mass is 10.2. The van der Waals surface area contributed by atoms with Gasteiger partial charge in [0.1, 0.15) is 0 Å². The summed E-state index contributed by atoms with van der Waals surface area (Å²) in [4.78, 5) is 2.30. The molecule has 2 N–H and O–H groups in total. The van der Waals surface area contributed by atoms with Crippen LogP contribution < -0.4 is 5.32 Å². The van der Waals surface area contributed by atoms with Crippen LogP contribution in [0.25, 0.3) is 0 Å². The number of hydrogen-bond donors (Lipinski definition) is 2. The molecule has 0 spiro atoms. The van der Waals surface area contributed by atoms with Crippen LogP contribution in [0, 0.1) is 0 Å². The number of likely N-dealkylation sites (N-methyl/N-ethyl adjacent to an activating group) is 1. The minimum absolute atomic E-state index is 0.171. The third kappa shape index (κ3) is 1.92. The molecule has 3 nitrogen and oxygen atoms in total. The summed E-state index contributed by atoms with van der Waals surface area (Å²) in [7, 11) is 0. The Morgan fingerprint density at radius 3 is 2.36 bits per heavy atom. The lowest BCUT2D eigenvalue weighted by molar-refractivity contribution is 0.0899. The SMILES string of the molecule is CCN(CC)[C@@H]1CNC[C@H]1O. The van der Waals surface area contributed by atoms with Crippen molar-refractivity contribution in [2.75, 3.05) is 26.2 Å². The van der Waals surface area contributed by atoms with Gasteiger partial charge < -0.3 is 10.4 Å². The standard InChI is InChI=1S/C8H18N2O/c1-3-10(4-2)7-5-9-6-8(7)11/h7-9,11H,3-6H2,1-2H3/t7-,8-/m1/s1. The molecule has 1 saturated heterocycles. The van der Waals surface area contributed by atoms with Crippen molar-refractivity contribution in [1.29, 1.82) is 0 Å². The van der Waals surface area contributed by atoms with Crippen molar-refractivity contribution in [2.24, 2.45) is 0 Å². The number of nitrogens with zero attached hydrogens (tertiary/aromatic N) is 1. The Hall–Kier alpha value is -0.120. The molecule has 1 aliphatic rings. The third-order valence-electron chi connectivity index (χ3n) is 2.43. The van der Waals surface area contributed by atoms with Crippen LogP contribution in [0.1, 0.15) is 13.8 Å². The van der Waals surface area contributed by atoms with E-state index < -0.39 is 0 Å². The number of nitrogens with one attached hydrogen (secondary N) is 1. The first-order valence-corrected chi connectivity index (χ1v) is 4.42. The number of rotatable bonds is 3. The molecule has 0 aromatic heterocycles. The summed E-state index contributed by atoms with van der Waals surface area (Å²) in [5, 5.41) is 12.7. The Morgan fingerprint density at radius 2 is 2.00 bits per heavy atom. The zero-order chi connectivity index (χ0) is 8.27. The van der Waals surface area contributed by atoms with Crippen LogP contribution in [-0.4, -0.2) is 48.3 Å². The first-order valence-electron chi connectivity index (χ1n) is 4.42. The van der Waals surface area contributed by atoms with Crippen LogP contribution in [0.2, 0.25) is 0 Å². The maximum atomic E-state index is 9.52. The lowest BCUT2D eigenvalue weighted by Gasteiger charge is -2.27. The predicted molar refractivity (Wildman–Crippen MR) is 45.6 cm³/mol. The monoisotopic (exact) mass is 158 g/mol. The van der Waals surface area contributed by atoms with Gasteiger partial charge in [-0.3, -0.25) is 4.90 Å². The highest BCUT2D eigenvalue weighted by molar-refractivity contribution is 4.87. The van der Waals surface area contributed by atoms with E-state index in [0.29, 0.717) is 6.04 Å². The van der Waals surface area contributed by atoms with Gasteiger partial charge >= 0.3 is 0 Å². The fourth-order valence-corrected chi connectivity index (χ4v) is 1.72. The molecule has 0 saturated carbocycles. The lowest BCUT2D eigenvalue weighted by Crippen LogP contribution is -2.42. The van der Waals surface area contributed by atoms with Crippen molar-refractivity contribution in [2.45, 2.75) is 26.0 Å². The fraction of sp³-hybridized carbons (Fsp3) is 1.00. The smallest absolute Gasteiger partial charge is 0.0831 e. The van der Waals surface area contributed by atoms with Gasteiger partial charge in [-0.25, -0.2) is 0 Å². The molecular formula is C8H18N2O. The van der Waals surface area contributed by atoms with Gasteiger partial charge in [0, 0.05) is 19.1 Å². The molecule has 0 aromatic rings. The van der Waals surface area contributed by atoms with E-state index in [2.05, 4.69) is 24.1 Å². The molecule has 1 heterocycles. The van der Waals surface area contributed by atoms with E-state index in [1.54, 1.807) is 0 Å². The van der Waals surface area contributed by atoms with E-state index in [1.807, 2.05) is 0 Å². The van der Waals surface area contributed by atoms with Gasteiger partial charge in [-0.1, -0.05) is 13.8 Å². The molecule has 1 fully saturated rings. The molecule has 11 heavy (non-hydrogen) atoms. The van der Waals surface area contributed by atoms with Crippen molar-refractivity contribution < 1.29 is 5.11 Å². The van der Waals surface area contributed by atoms with Gasteiger partial charge in [0.2, 0.25) is 0 Å².